The maximum Gasteiger partial charge on any atom is 0.418 e. The summed E-state index contributed by atoms with van der Waals surface area (Å²) in [6, 6.07) is 0. The molecule has 2 rings (SSSR count). The summed E-state index contributed by atoms with van der Waals surface area (Å²) >= 11 is 17.9. The van der Waals surface area contributed by atoms with Crippen LogP contribution in [0.4, 0.5) is 4.79 Å². The van der Waals surface area contributed by atoms with E-state index >= 15 is 0 Å². The fraction of sp³-hybridized carbons (Fsp3) is 0.357. The predicted molar refractivity (Wildman–Crippen MR) is 93.6 cm³/mol. The number of aldehydes is 1. The zero-order valence-corrected chi connectivity index (χ0v) is 15.5. The molecule has 0 saturated heterocycles. The van der Waals surface area contributed by atoms with Gasteiger partial charge in [0.05, 0.1) is 5.75 Å². The number of rotatable bonds is 3. The highest BCUT2D eigenvalue weighted by Gasteiger charge is 2.29. The van der Waals surface area contributed by atoms with Crippen LogP contribution < -0.4 is 5.32 Å². The number of ether oxygens (including phenoxy) is 1. The summed E-state index contributed by atoms with van der Waals surface area (Å²) in [5.74, 6) is -0.155. The summed E-state index contributed by atoms with van der Waals surface area (Å²) in [7, 11) is 0. The van der Waals surface area contributed by atoms with Gasteiger partial charge < -0.3 is 10.1 Å². The van der Waals surface area contributed by atoms with E-state index in [2.05, 4.69) is 5.32 Å². The second-order valence-corrected chi connectivity index (χ2v) is 8.50. The number of allylic oxidation sites excluding steroid dienone is 4. The maximum absolute atomic E-state index is 11.9. The number of alkyl halides is 3. The molecule has 1 N–H and O–H groups in total. The molecular formula is C14H13Cl3N2O4S. The number of nitrogens with one attached hydrogen (secondary N) is 1. The summed E-state index contributed by atoms with van der Waals surface area (Å²) in [5.41, 5.74) is 1.03. The number of carbonyl (C=O) groups excluding carboxylic acids is 3. The Labute approximate surface area is 157 Å². The first-order chi connectivity index (χ1) is 11.2. The van der Waals surface area contributed by atoms with Gasteiger partial charge in [-0.05, 0) is 6.92 Å². The largest absolute Gasteiger partial charge is 0.444 e. The average molecular weight is 412 g/mol. The normalized spacial score (nSPS) is 21.3. The van der Waals surface area contributed by atoms with Gasteiger partial charge >= 0.3 is 6.09 Å². The van der Waals surface area contributed by atoms with Crippen LogP contribution in [0.1, 0.15) is 6.92 Å². The number of hydrogen-bond donors (Lipinski definition) is 1. The SMILES string of the molecule is CC1=C(C2C=CN(C(=O)OCC(Cl)(Cl)Cl)C=C2C=O)SCC(=O)N1. The third-order valence-corrected chi connectivity index (χ3v) is 4.74. The summed E-state index contributed by atoms with van der Waals surface area (Å²) in [6.45, 7) is 1.35. The molecule has 0 radical (unpaired) electrons. The number of amides is 2. The number of hydrogen-bond acceptors (Lipinski definition) is 5. The predicted octanol–water partition coefficient (Wildman–Crippen LogP) is 3.12. The molecular weight excluding hydrogens is 399 g/mol. The number of nitrogens with zero attached hydrogens (tertiary/aromatic N) is 1. The van der Waals surface area contributed by atoms with Crippen LogP contribution in [-0.2, 0) is 14.3 Å². The van der Waals surface area contributed by atoms with Crippen molar-refractivity contribution in [2.45, 2.75) is 10.7 Å². The molecule has 0 aromatic carbocycles. The van der Waals surface area contributed by atoms with Crippen molar-refractivity contribution in [3.63, 3.8) is 0 Å². The van der Waals surface area contributed by atoms with Crippen LogP contribution in [0.25, 0.3) is 0 Å². The molecule has 2 aliphatic heterocycles. The molecule has 1 unspecified atom stereocenters. The van der Waals surface area contributed by atoms with E-state index in [9.17, 15) is 14.4 Å². The van der Waals surface area contributed by atoms with E-state index in [-0.39, 0.29) is 17.6 Å². The third kappa shape index (κ3) is 4.92. The van der Waals surface area contributed by atoms with Crippen LogP contribution in [0, 0.1) is 5.92 Å². The molecule has 130 valence electrons. The first kappa shape index (κ1) is 19.2. The fourth-order valence-electron chi connectivity index (χ4n) is 2.13. The van der Waals surface area contributed by atoms with E-state index in [1.807, 2.05) is 0 Å². The Morgan fingerprint density at radius 1 is 1.54 bits per heavy atom. The fourth-order valence-corrected chi connectivity index (χ4v) is 3.31. The molecule has 0 aromatic heterocycles. The number of carbonyl (C=O) groups is 3. The van der Waals surface area contributed by atoms with Gasteiger partial charge in [0, 0.05) is 34.5 Å². The smallest absolute Gasteiger partial charge is 0.418 e. The van der Waals surface area contributed by atoms with E-state index in [1.165, 1.54) is 24.2 Å². The molecule has 10 heteroatoms. The Hall–Kier alpha value is -1.15. The lowest BCUT2D eigenvalue weighted by Crippen LogP contribution is -2.32. The summed E-state index contributed by atoms with van der Waals surface area (Å²) in [6.07, 6.45) is 4.38. The van der Waals surface area contributed by atoms with Crippen LogP contribution in [0.2, 0.25) is 0 Å². The molecule has 24 heavy (non-hydrogen) atoms. The lowest BCUT2D eigenvalue weighted by atomic mass is 9.97. The second-order valence-electron chi connectivity index (χ2n) is 4.97. The molecule has 2 aliphatic rings. The van der Waals surface area contributed by atoms with Gasteiger partial charge in [-0.25, -0.2) is 4.79 Å². The monoisotopic (exact) mass is 410 g/mol. The second kappa shape index (κ2) is 7.82. The van der Waals surface area contributed by atoms with Gasteiger partial charge in [-0.1, -0.05) is 40.9 Å². The van der Waals surface area contributed by atoms with Gasteiger partial charge in [-0.3, -0.25) is 14.5 Å². The van der Waals surface area contributed by atoms with Gasteiger partial charge in [0.25, 0.3) is 0 Å². The standard InChI is InChI=1S/C14H13Cl3N2O4S/c1-8-12(24-6-11(21)18-8)10-2-3-19(4-9(10)5-20)13(22)23-7-14(15,16)17/h2-5,10H,6-7H2,1H3,(H,18,21). The van der Waals surface area contributed by atoms with Crippen molar-refractivity contribution >= 4 is 64.9 Å². The first-order valence-corrected chi connectivity index (χ1v) is 8.83. The van der Waals surface area contributed by atoms with Gasteiger partial charge in [-0.15, -0.1) is 11.8 Å². The maximum atomic E-state index is 11.9. The van der Waals surface area contributed by atoms with Crippen molar-refractivity contribution < 1.29 is 19.1 Å². The van der Waals surface area contributed by atoms with Gasteiger partial charge in [0.15, 0.2) is 0 Å². The Morgan fingerprint density at radius 2 is 2.25 bits per heavy atom. The Bertz CT molecular complexity index is 655. The van der Waals surface area contributed by atoms with Crippen LogP contribution in [-0.4, -0.2) is 39.3 Å². The minimum atomic E-state index is -1.71. The third-order valence-electron chi connectivity index (χ3n) is 3.13. The highest BCUT2D eigenvalue weighted by Crippen LogP contribution is 2.36. The topological polar surface area (TPSA) is 75.7 Å². The van der Waals surface area contributed by atoms with E-state index in [1.54, 1.807) is 13.0 Å². The lowest BCUT2D eigenvalue weighted by molar-refractivity contribution is -0.118. The molecule has 6 nitrogen and oxygen atoms in total. The van der Waals surface area contributed by atoms with Crippen molar-refractivity contribution in [1.29, 1.82) is 0 Å². The van der Waals surface area contributed by atoms with Gasteiger partial charge in [0.1, 0.15) is 12.9 Å². The summed E-state index contributed by atoms with van der Waals surface area (Å²) in [5, 5.41) is 2.74. The minimum absolute atomic E-state index is 0.0883. The Kier molecular flexibility index (Phi) is 6.25. The first-order valence-electron chi connectivity index (χ1n) is 6.71. The molecule has 0 bridgehead atoms. The molecule has 0 aliphatic carbocycles. The van der Waals surface area contributed by atoms with Crippen LogP contribution >= 0.6 is 46.6 Å². The van der Waals surface area contributed by atoms with Crippen LogP contribution in [0.3, 0.4) is 0 Å². The average Bonchev–Trinajstić information content (AvgIpc) is 2.51. The molecule has 0 fully saturated rings. The zero-order valence-electron chi connectivity index (χ0n) is 12.4. The van der Waals surface area contributed by atoms with Crippen molar-refractivity contribution in [3.05, 3.63) is 34.7 Å². The highest BCUT2D eigenvalue weighted by atomic mass is 35.6. The quantitative estimate of drug-likeness (QED) is 0.570. The molecule has 2 amide bonds. The summed E-state index contributed by atoms with van der Waals surface area (Å²) in [4.78, 5) is 36.7. The lowest BCUT2D eigenvalue weighted by Gasteiger charge is -2.28. The van der Waals surface area contributed by atoms with E-state index in [0.717, 1.165) is 9.81 Å². The molecule has 0 spiro atoms. The van der Waals surface area contributed by atoms with Crippen LogP contribution in [0.15, 0.2) is 34.7 Å². The van der Waals surface area contributed by atoms with Crippen molar-refractivity contribution in [2.24, 2.45) is 5.92 Å². The minimum Gasteiger partial charge on any atom is -0.444 e. The number of halogens is 3. The van der Waals surface area contributed by atoms with Crippen molar-refractivity contribution in [1.82, 2.24) is 10.2 Å². The highest BCUT2D eigenvalue weighted by molar-refractivity contribution is 8.03. The summed E-state index contributed by atoms with van der Waals surface area (Å²) < 4.78 is 3.15. The molecule has 1 atom stereocenters. The van der Waals surface area contributed by atoms with Gasteiger partial charge in [-0.2, -0.15) is 0 Å². The van der Waals surface area contributed by atoms with Crippen molar-refractivity contribution in [3.8, 4) is 0 Å². The van der Waals surface area contributed by atoms with Crippen molar-refractivity contribution in [2.75, 3.05) is 12.4 Å². The molecule has 0 aromatic rings. The zero-order chi connectivity index (χ0) is 17.9. The Balaban J connectivity index is 2.14. The van der Waals surface area contributed by atoms with E-state index in [4.69, 9.17) is 39.5 Å². The van der Waals surface area contributed by atoms with Gasteiger partial charge in [0.2, 0.25) is 9.70 Å². The molecule has 2 heterocycles. The van der Waals surface area contributed by atoms with Crippen LogP contribution in [0.5, 0.6) is 0 Å². The molecule has 0 saturated carbocycles. The van der Waals surface area contributed by atoms with E-state index < -0.39 is 16.5 Å². The number of thioether (sulfide) groups is 1. The Morgan fingerprint density at radius 3 is 2.83 bits per heavy atom. The van der Waals surface area contributed by atoms with E-state index in [0.29, 0.717) is 17.6 Å².